The maximum absolute atomic E-state index is 14.7. The fourth-order valence-corrected chi connectivity index (χ4v) is 9.87. The minimum absolute atomic E-state index is 0.0220. The fraction of sp³-hybridized carbons (Fsp3) is 0.457. The van der Waals surface area contributed by atoms with Gasteiger partial charge >= 0.3 is 0 Å². The number of fused-ring (bicyclic) bond motifs is 2. The van der Waals surface area contributed by atoms with Gasteiger partial charge in [0.05, 0.1) is 55.5 Å². The number of aromatic nitrogens is 5. The Bertz CT molecular complexity index is 2690. The molecule has 360 valence electrons. The highest BCUT2D eigenvalue weighted by Gasteiger charge is 2.35. The SMILES string of the molecule is CC(=O)Nc1cc(NCCOCCNC(=O)CN2CCC(n3nc(N4CCCc5cc(-c6cnn(C)c6)c(C(F)F)cc54)c4c3CCN(C(C)=O)C4)CC2)ccc1C(=O)Nc1nc(C)c(N=O)s1. The number of carbonyl (C=O) groups is 4. The van der Waals surface area contributed by atoms with Gasteiger partial charge < -0.3 is 30.5 Å². The second-order valence-electron chi connectivity index (χ2n) is 17.2. The quantitative estimate of drug-likeness (QED) is 0.0584. The van der Waals surface area contributed by atoms with Gasteiger partial charge in [-0.1, -0.05) is 11.3 Å². The van der Waals surface area contributed by atoms with Gasteiger partial charge in [0.15, 0.2) is 16.0 Å². The van der Waals surface area contributed by atoms with Crippen molar-refractivity contribution in [3.05, 3.63) is 81.3 Å². The Balaban J connectivity index is 0.822. The first-order valence-electron chi connectivity index (χ1n) is 22.7. The summed E-state index contributed by atoms with van der Waals surface area (Å²) in [7, 11) is 1.77. The van der Waals surface area contributed by atoms with Gasteiger partial charge in [-0.3, -0.25) is 38.8 Å². The standard InChI is InChI=1S/C46H55F2N13O6S/c1-27-45(56-66)68-46(52-27)54-44(65)34-8-7-32(21-38(34)53-28(2)62)49-12-18-67-19-13-50-41(64)26-58-15-9-33(10-16-58)61-39-11-17-59(29(3)63)25-37(39)43(55-61)60-14-5-6-30-20-35(31-23-51-57(4)24-31)36(42(47)48)22-40(30)60/h7-8,20-24,33,42,49H,5-6,9-19,25-26H2,1-4H3,(H,50,64)(H,53,62)(H,52,54,65). The Hall–Kier alpha value is -6.65. The van der Waals surface area contributed by atoms with E-state index in [2.05, 4.69) is 51.0 Å². The first-order chi connectivity index (χ1) is 32.8. The topological polar surface area (TPSA) is 213 Å². The number of anilines is 5. The van der Waals surface area contributed by atoms with Crippen LogP contribution < -0.4 is 26.2 Å². The van der Waals surface area contributed by atoms with Gasteiger partial charge in [-0.2, -0.15) is 10.2 Å². The van der Waals surface area contributed by atoms with E-state index in [1.54, 1.807) is 62.2 Å². The summed E-state index contributed by atoms with van der Waals surface area (Å²) in [6.45, 7) is 9.10. The molecule has 6 heterocycles. The van der Waals surface area contributed by atoms with Crippen molar-refractivity contribution in [2.24, 2.45) is 12.2 Å². The summed E-state index contributed by atoms with van der Waals surface area (Å²) in [4.78, 5) is 71.7. The Morgan fingerprint density at radius 3 is 2.50 bits per heavy atom. The number of nitrogens with zero attached hydrogens (tertiary/aromatic N) is 9. The summed E-state index contributed by atoms with van der Waals surface area (Å²) in [6, 6.07) is 8.46. The number of ether oxygens (including phenoxy) is 1. The molecule has 0 unspecified atom stereocenters. The highest BCUT2D eigenvalue weighted by atomic mass is 32.1. The molecule has 68 heavy (non-hydrogen) atoms. The highest BCUT2D eigenvalue weighted by Crippen LogP contribution is 2.44. The molecule has 22 heteroatoms. The second kappa shape index (κ2) is 21.1. The smallest absolute Gasteiger partial charge is 0.264 e. The van der Waals surface area contributed by atoms with Crippen LogP contribution in [0.1, 0.15) is 84.0 Å². The minimum Gasteiger partial charge on any atom is -0.383 e. The molecule has 19 nitrogen and oxygen atoms in total. The summed E-state index contributed by atoms with van der Waals surface area (Å²) in [5.41, 5.74) is 6.33. The molecule has 4 N–H and O–H groups in total. The zero-order valence-electron chi connectivity index (χ0n) is 38.4. The molecule has 3 aliphatic rings. The van der Waals surface area contributed by atoms with Gasteiger partial charge in [0.1, 0.15) is 0 Å². The van der Waals surface area contributed by atoms with Crippen molar-refractivity contribution in [1.29, 1.82) is 0 Å². The van der Waals surface area contributed by atoms with Crippen LogP contribution >= 0.6 is 11.3 Å². The number of halogens is 2. The lowest BCUT2D eigenvalue weighted by molar-refractivity contribution is -0.129. The maximum Gasteiger partial charge on any atom is 0.264 e. The Morgan fingerprint density at radius 1 is 1.00 bits per heavy atom. The van der Waals surface area contributed by atoms with Gasteiger partial charge in [0.2, 0.25) is 17.7 Å². The summed E-state index contributed by atoms with van der Waals surface area (Å²) < 4.78 is 38.9. The van der Waals surface area contributed by atoms with Crippen molar-refractivity contribution in [1.82, 2.24) is 39.7 Å². The van der Waals surface area contributed by atoms with Crippen LogP contribution in [-0.4, -0.2) is 117 Å². The molecule has 3 aromatic heterocycles. The molecule has 4 amide bonds. The van der Waals surface area contributed by atoms with Crippen LogP contribution in [0.2, 0.25) is 0 Å². The fourth-order valence-electron chi connectivity index (χ4n) is 9.13. The number of rotatable bonds is 17. The number of benzene rings is 2. The average molecular weight is 956 g/mol. The van der Waals surface area contributed by atoms with E-state index in [4.69, 9.17) is 9.84 Å². The number of piperidine rings is 1. The van der Waals surface area contributed by atoms with Crippen LogP contribution in [-0.2, 0) is 45.6 Å². The predicted octanol–water partition coefficient (Wildman–Crippen LogP) is 6.47. The van der Waals surface area contributed by atoms with Crippen LogP contribution in [0.15, 0.2) is 47.9 Å². The summed E-state index contributed by atoms with van der Waals surface area (Å²) in [6.07, 6.45) is 4.40. The van der Waals surface area contributed by atoms with E-state index in [1.165, 1.54) is 6.92 Å². The third-order valence-corrected chi connectivity index (χ3v) is 13.4. The molecule has 1 fully saturated rings. The van der Waals surface area contributed by atoms with Gasteiger partial charge in [-0.25, -0.2) is 13.8 Å². The van der Waals surface area contributed by atoms with Crippen LogP contribution in [0.3, 0.4) is 0 Å². The number of thiazole rings is 1. The molecule has 5 aromatic rings. The van der Waals surface area contributed by atoms with E-state index in [0.717, 1.165) is 59.5 Å². The van der Waals surface area contributed by atoms with Crippen LogP contribution in [0, 0.1) is 11.8 Å². The number of likely N-dealkylation sites (tertiary alicyclic amines) is 1. The maximum atomic E-state index is 14.7. The van der Waals surface area contributed by atoms with E-state index in [0.29, 0.717) is 93.8 Å². The number of hydrogen-bond acceptors (Lipinski definition) is 14. The molecule has 3 aliphatic heterocycles. The number of amides is 4. The number of aryl methyl sites for hydroxylation is 3. The lowest BCUT2D eigenvalue weighted by Crippen LogP contribution is -2.43. The summed E-state index contributed by atoms with van der Waals surface area (Å²) in [5, 5.41) is 24.2. The first kappa shape index (κ1) is 47.8. The average Bonchev–Trinajstić information content (AvgIpc) is 4.03. The Morgan fingerprint density at radius 2 is 1.79 bits per heavy atom. The number of nitroso groups, excluding NO2 is 1. The molecule has 8 rings (SSSR count). The number of alkyl halides is 2. The van der Waals surface area contributed by atoms with Crippen molar-refractivity contribution in [3.63, 3.8) is 0 Å². The van der Waals surface area contributed by atoms with Crippen molar-refractivity contribution < 1.29 is 32.7 Å². The highest BCUT2D eigenvalue weighted by molar-refractivity contribution is 7.19. The molecular formula is C46H55F2N13O6S. The molecule has 0 bridgehead atoms. The molecule has 0 radical (unpaired) electrons. The number of nitrogens with one attached hydrogen (secondary N) is 4. The molecule has 1 saturated heterocycles. The summed E-state index contributed by atoms with van der Waals surface area (Å²) in [5.74, 6) is -0.283. The van der Waals surface area contributed by atoms with E-state index < -0.39 is 12.3 Å². The Kier molecular flexibility index (Phi) is 14.8. The molecule has 2 aromatic carbocycles. The lowest BCUT2D eigenvalue weighted by atomic mass is 9.92. The number of hydrogen-bond donors (Lipinski definition) is 4. The molecule has 0 aliphatic carbocycles. The van der Waals surface area contributed by atoms with E-state index in [9.17, 15) is 32.9 Å². The first-order valence-corrected chi connectivity index (χ1v) is 23.5. The molecule has 0 saturated carbocycles. The van der Waals surface area contributed by atoms with Crippen LogP contribution in [0.4, 0.5) is 41.8 Å². The van der Waals surface area contributed by atoms with Crippen LogP contribution in [0.5, 0.6) is 0 Å². The predicted molar refractivity (Wildman–Crippen MR) is 254 cm³/mol. The van der Waals surface area contributed by atoms with Crippen molar-refractivity contribution in [2.45, 2.75) is 71.9 Å². The van der Waals surface area contributed by atoms with Gasteiger partial charge in [-0.15, -0.1) is 4.91 Å². The normalized spacial score (nSPS) is 15.2. The van der Waals surface area contributed by atoms with E-state index in [-0.39, 0.29) is 57.3 Å². The summed E-state index contributed by atoms with van der Waals surface area (Å²) >= 11 is 0.953. The zero-order chi connectivity index (χ0) is 48.1. The molecule has 0 spiro atoms. The van der Waals surface area contributed by atoms with Crippen molar-refractivity contribution in [3.8, 4) is 11.1 Å². The van der Waals surface area contributed by atoms with Crippen molar-refractivity contribution in [2.75, 3.05) is 79.9 Å². The third-order valence-electron chi connectivity index (χ3n) is 12.5. The van der Waals surface area contributed by atoms with Gasteiger partial charge in [-0.05, 0) is 79.2 Å². The monoisotopic (exact) mass is 955 g/mol. The number of carbonyl (C=O) groups excluding carboxylic acids is 4. The minimum atomic E-state index is -2.69. The zero-order valence-corrected chi connectivity index (χ0v) is 39.3. The molecular weight excluding hydrogens is 901 g/mol. The molecule has 0 atom stereocenters. The van der Waals surface area contributed by atoms with E-state index in [1.807, 2.05) is 11.0 Å². The van der Waals surface area contributed by atoms with Crippen LogP contribution in [0.25, 0.3) is 11.1 Å². The van der Waals surface area contributed by atoms with Gasteiger partial charge in [0, 0.05) is 107 Å². The second-order valence-corrected chi connectivity index (χ2v) is 18.2. The van der Waals surface area contributed by atoms with Crippen molar-refractivity contribution >= 4 is 68.0 Å². The van der Waals surface area contributed by atoms with Gasteiger partial charge in [0.25, 0.3) is 12.3 Å². The van der Waals surface area contributed by atoms with E-state index >= 15 is 0 Å². The Labute approximate surface area is 395 Å². The lowest BCUT2D eigenvalue weighted by Gasteiger charge is -2.33. The largest absolute Gasteiger partial charge is 0.383 e. The third kappa shape index (κ3) is 10.9.